The van der Waals surface area contributed by atoms with Crippen molar-refractivity contribution < 1.29 is 5.11 Å². The summed E-state index contributed by atoms with van der Waals surface area (Å²) in [6, 6.07) is 0. The third-order valence-electron chi connectivity index (χ3n) is 3.97. The number of aliphatic hydroxyl groups is 1. The van der Waals surface area contributed by atoms with Crippen LogP contribution in [0.4, 0.5) is 5.82 Å². The van der Waals surface area contributed by atoms with Crippen LogP contribution in [0.25, 0.3) is 11.0 Å². The number of nitrogens with one attached hydrogen (secondary N) is 1. The molecule has 1 atom stereocenters. The van der Waals surface area contributed by atoms with E-state index in [0.717, 1.165) is 36.0 Å². The average molecular weight is 274 g/mol. The number of anilines is 1. The SMILES string of the molecule is CC(C)CC(O)c1nc2c3c(nc(N)c2[nH]1)CCCC3. The summed E-state index contributed by atoms with van der Waals surface area (Å²) in [5, 5.41) is 10.2. The van der Waals surface area contributed by atoms with Crippen molar-refractivity contribution in [3.63, 3.8) is 0 Å². The lowest BCUT2D eigenvalue weighted by molar-refractivity contribution is 0.143. The molecule has 4 N–H and O–H groups in total. The average Bonchev–Trinajstić information content (AvgIpc) is 2.84. The lowest BCUT2D eigenvalue weighted by Gasteiger charge is -2.15. The molecule has 1 aliphatic rings. The highest BCUT2D eigenvalue weighted by Crippen LogP contribution is 2.31. The van der Waals surface area contributed by atoms with Gasteiger partial charge in [0.15, 0.2) is 0 Å². The van der Waals surface area contributed by atoms with E-state index in [9.17, 15) is 5.11 Å². The van der Waals surface area contributed by atoms with E-state index in [4.69, 9.17) is 5.73 Å². The quantitative estimate of drug-likeness (QED) is 0.802. The van der Waals surface area contributed by atoms with Crippen LogP contribution in [0.2, 0.25) is 0 Å². The van der Waals surface area contributed by atoms with Gasteiger partial charge in [0.05, 0.1) is 5.52 Å². The molecule has 2 heterocycles. The maximum Gasteiger partial charge on any atom is 0.149 e. The Morgan fingerprint density at radius 3 is 2.75 bits per heavy atom. The Kier molecular flexibility index (Phi) is 3.38. The Labute approximate surface area is 118 Å². The van der Waals surface area contributed by atoms with Crippen LogP contribution < -0.4 is 5.73 Å². The number of fused-ring (bicyclic) bond motifs is 3. The number of imidazole rings is 1. The van der Waals surface area contributed by atoms with Crippen molar-refractivity contribution in [2.45, 2.75) is 52.1 Å². The third kappa shape index (κ3) is 2.26. The van der Waals surface area contributed by atoms with Gasteiger partial charge in [-0.25, -0.2) is 9.97 Å². The Morgan fingerprint density at radius 1 is 1.25 bits per heavy atom. The molecule has 20 heavy (non-hydrogen) atoms. The predicted molar refractivity (Wildman–Crippen MR) is 79.4 cm³/mol. The normalized spacial score (nSPS) is 16.6. The molecule has 5 nitrogen and oxygen atoms in total. The van der Waals surface area contributed by atoms with Gasteiger partial charge in [0.2, 0.25) is 0 Å². The minimum Gasteiger partial charge on any atom is -0.385 e. The van der Waals surface area contributed by atoms with E-state index >= 15 is 0 Å². The van der Waals surface area contributed by atoms with Crippen LogP contribution in [-0.2, 0) is 12.8 Å². The van der Waals surface area contributed by atoms with E-state index in [1.165, 1.54) is 12.0 Å². The first-order valence-electron chi connectivity index (χ1n) is 7.41. The van der Waals surface area contributed by atoms with Crippen molar-refractivity contribution in [1.29, 1.82) is 0 Å². The Morgan fingerprint density at radius 2 is 2.00 bits per heavy atom. The molecule has 0 aliphatic heterocycles. The second kappa shape index (κ2) is 5.05. The van der Waals surface area contributed by atoms with E-state index < -0.39 is 6.10 Å². The second-order valence-corrected chi connectivity index (χ2v) is 6.12. The molecule has 0 amide bonds. The van der Waals surface area contributed by atoms with E-state index in [1.807, 2.05) is 0 Å². The summed E-state index contributed by atoms with van der Waals surface area (Å²) in [6.07, 6.45) is 4.44. The lowest BCUT2D eigenvalue weighted by atomic mass is 9.95. The number of rotatable bonds is 3. The fourth-order valence-electron chi connectivity index (χ4n) is 2.98. The molecule has 3 rings (SSSR count). The summed E-state index contributed by atoms with van der Waals surface area (Å²) in [6.45, 7) is 4.17. The van der Waals surface area contributed by atoms with Crippen molar-refractivity contribution in [3.8, 4) is 0 Å². The standard InChI is InChI=1S/C15H22N4O/c1-8(2)7-11(20)15-18-12-9-5-3-4-6-10(9)17-14(16)13(12)19-15/h8,11,20H,3-7H2,1-2H3,(H2,16,17)(H,18,19). The first-order chi connectivity index (χ1) is 9.56. The molecular formula is C15H22N4O. The summed E-state index contributed by atoms with van der Waals surface area (Å²) in [7, 11) is 0. The van der Waals surface area contributed by atoms with Crippen LogP contribution >= 0.6 is 0 Å². The largest absolute Gasteiger partial charge is 0.385 e. The predicted octanol–water partition coefficient (Wildman–Crippen LogP) is 2.50. The topological polar surface area (TPSA) is 87.8 Å². The van der Waals surface area contributed by atoms with Gasteiger partial charge in [-0.15, -0.1) is 0 Å². The van der Waals surface area contributed by atoms with Gasteiger partial charge >= 0.3 is 0 Å². The second-order valence-electron chi connectivity index (χ2n) is 6.12. The minimum absolute atomic E-state index is 0.419. The summed E-state index contributed by atoms with van der Waals surface area (Å²) >= 11 is 0. The molecule has 1 unspecified atom stereocenters. The van der Waals surface area contributed by atoms with Gasteiger partial charge in [-0.1, -0.05) is 13.8 Å². The highest BCUT2D eigenvalue weighted by atomic mass is 16.3. The molecular weight excluding hydrogens is 252 g/mol. The minimum atomic E-state index is -0.568. The van der Waals surface area contributed by atoms with Crippen molar-refractivity contribution >= 4 is 16.9 Å². The van der Waals surface area contributed by atoms with E-state index in [0.29, 0.717) is 24.0 Å². The number of aryl methyl sites for hydroxylation is 2. The van der Waals surface area contributed by atoms with E-state index in [-0.39, 0.29) is 0 Å². The number of nitrogens with zero attached hydrogens (tertiary/aromatic N) is 2. The zero-order valence-corrected chi connectivity index (χ0v) is 12.1. The van der Waals surface area contributed by atoms with Gasteiger partial charge in [-0.05, 0) is 38.0 Å². The first kappa shape index (κ1) is 13.4. The molecule has 0 fully saturated rings. The van der Waals surface area contributed by atoms with Crippen molar-refractivity contribution in [1.82, 2.24) is 15.0 Å². The van der Waals surface area contributed by atoms with Crippen LogP contribution in [0.5, 0.6) is 0 Å². The maximum absolute atomic E-state index is 10.2. The molecule has 2 aromatic heterocycles. The summed E-state index contributed by atoms with van der Waals surface area (Å²) in [4.78, 5) is 12.3. The van der Waals surface area contributed by atoms with Crippen LogP contribution in [0.3, 0.4) is 0 Å². The summed E-state index contributed by atoms with van der Waals surface area (Å²) in [5.74, 6) is 1.53. The third-order valence-corrected chi connectivity index (χ3v) is 3.97. The fourth-order valence-corrected chi connectivity index (χ4v) is 2.98. The van der Waals surface area contributed by atoms with Crippen LogP contribution in [0.15, 0.2) is 0 Å². The van der Waals surface area contributed by atoms with Gasteiger partial charge in [-0.3, -0.25) is 0 Å². The number of nitrogens with two attached hydrogens (primary N) is 1. The van der Waals surface area contributed by atoms with Crippen LogP contribution in [-0.4, -0.2) is 20.1 Å². The fraction of sp³-hybridized carbons (Fsp3) is 0.600. The van der Waals surface area contributed by atoms with Crippen molar-refractivity contribution in [3.05, 3.63) is 17.1 Å². The molecule has 2 aromatic rings. The number of hydrogen-bond donors (Lipinski definition) is 3. The number of pyridine rings is 1. The number of hydrogen-bond acceptors (Lipinski definition) is 4. The smallest absolute Gasteiger partial charge is 0.149 e. The highest BCUT2D eigenvalue weighted by molar-refractivity contribution is 5.88. The lowest BCUT2D eigenvalue weighted by Crippen LogP contribution is -2.08. The van der Waals surface area contributed by atoms with Gasteiger partial charge in [-0.2, -0.15) is 0 Å². The molecule has 0 radical (unpaired) electrons. The number of H-pyrrole nitrogens is 1. The summed E-state index contributed by atoms with van der Waals surface area (Å²) < 4.78 is 0. The number of aromatic amines is 1. The zero-order valence-electron chi connectivity index (χ0n) is 12.1. The first-order valence-corrected chi connectivity index (χ1v) is 7.41. The molecule has 108 valence electrons. The van der Waals surface area contributed by atoms with Crippen molar-refractivity contribution in [2.24, 2.45) is 5.92 Å². The molecule has 0 aromatic carbocycles. The molecule has 0 saturated heterocycles. The van der Waals surface area contributed by atoms with Gasteiger partial charge in [0.1, 0.15) is 23.3 Å². The molecule has 0 spiro atoms. The molecule has 5 heteroatoms. The van der Waals surface area contributed by atoms with Gasteiger partial charge in [0, 0.05) is 11.3 Å². The van der Waals surface area contributed by atoms with Crippen molar-refractivity contribution in [2.75, 3.05) is 5.73 Å². The molecule has 0 saturated carbocycles. The number of aromatic nitrogens is 3. The van der Waals surface area contributed by atoms with Crippen LogP contribution in [0, 0.1) is 5.92 Å². The highest BCUT2D eigenvalue weighted by Gasteiger charge is 2.21. The number of aliphatic hydroxyl groups excluding tert-OH is 1. The van der Waals surface area contributed by atoms with Gasteiger partial charge < -0.3 is 15.8 Å². The Balaban J connectivity index is 2.08. The summed E-state index contributed by atoms with van der Waals surface area (Å²) in [5.41, 5.74) is 10.0. The Hall–Kier alpha value is -1.62. The molecule has 1 aliphatic carbocycles. The van der Waals surface area contributed by atoms with Gasteiger partial charge in [0.25, 0.3) is 0 Å². The Bertz CT molecular complexity index is 632. The molecule has 0 bridgehead atoms. The van der Waals surface area contributed by atoms with Crippen LogP contribution in [0.1, 0.15) is 56.3 Å². The van der Waals surface area contributed by atoms with E-state index in [1.54, 1.807) is 0 Å². The van der Waals surface area contributed by atoms with E-state index in [2.05, 4.69) is 28.8 Å². The maximum atomic E-state index is 10.2. The number of nitrogen functional groups attached to an aromatic ring is 1. The monoisotopic (exact) mass is 274 g/mol. The zero-order chi connectivity index (χ0) is 14.3.